The van der Waals surface area contributed by atoms with Crippen molar-refractivity contribution in [1.82, 2.24) is 15.5 Å². The van der Waals surface area contributed by atoms with E-state index >= 15 is 0 Å². The van der Waals surface area contributed by atoms with Crippen molar-refractivity contribution in [3.05, 3.63) is 24.2 Å². The van der Waals surface area contributed by atoms with Crippen LogP contribution in [0.1, 0.15) is 12.7 Å². The van der Waals surface area contributed by atoms with Crippen LogP contribution in [0.15, 0.2) is 22.8 Å². The number of ether oxygens (including phenoxy) is 1. The van der Waals surface area contributed by atoms with Gasteiger partial charge in [0.15, 0.2) is 0 Å². The van der Waals surface area contributed by atoms with Crippen molar-refractivity contribution in [2.45, 2.75) is 19.5 Å². The van der Waals surface area contributed by atoms with Crippen LogP contribution in [0.5, 0.6) is 0 Å². The van der Waals surface area contributed by atoms with Gasteiger partial charge >= 0.3 is 6.03 Å². The Bertz CT molecular complexity index is 374. The summed E-state index contributed by atoms with van der Waals surface area (Å²) < 4.78 is 10.4. The summed E-state index contributed by atoms with van der Waals surface area (Å²) in [6, 6.07) is 3.57. The Balaban J connectivity index is 1.63. The smallest absolute Gasteiger partial charge is 0.315 e. The quantitative estimate of drug-likeness (QED) is 0.828. The van der Waals surface area contributed by atoms with E-state index in [1.54, 1.807) is 12.3 Å². The predicted molar refractivity (Wildman–Crippen MR) is 70.8 cm³/mol. The van der Waals surface area contributed by atoms with Gasteiger partial charge in [-0.3, -0.25) is 4.90 Å². The summed E-state index contributed by atoms with van der Waals surface area (Å²) >= 11 is 0. The molecule has 0 radical (unpaired) electrons. The molecule has 2 heterocycles. The zero-order chi connectivity index (χ0) is 13.5. The molecule has 1 fully saturated rings. The van der Waals surface area contributed by atoms with Crippen LogP contribution >= 0.6 is 0 Å². The maximum absolute atomic E-state index is 11.7. The van der Waals surface area contributed by atoms with Gasteiger partial charge in [-0.05, 0) is 19.1 Å². The van der Waals surface area contributed by atoms with Crippen LogP contribution in [0.3, 0.4) is 0 Å². The molecule has 0 bridgehead atoms. The highest BCUT2D eigenvalue weighted by Gasteiger charge is 2.15. The van der Waals surface area contributed by atoms with Gasteiger partial charge in [0.1, 0.15) is 5.76 Å². The molecule has 2 N–H and O–H groups in total. The second kappa shape index (κ2) is 7.16. The van der Waals surface area contributed by atoms with Gasteiger partial charge in [0.2, 0.25) is 0 Å². The summed E-state index contributed by atoms with van der Waals surface area (Å²) in [5.74, 6) is 0.746. The third kappa shape index (κ3) is 4.92. The molecule has 1 unspecified atom stereocenters. The average Bonchev–Trinajstić information content (AvgIpc) is 2.90. The molecule has 2 amide bonds. The first-order chi connectivity index (χ1) is 9.24. The van der Waals surface area contributed by atoms with Crippen LogP contribution in [0.2, 0.25) is 0 Å². The first kappa shape index (κ1) is 13.9. The maximum Gasteiger partial charge on any atom is 0.315 e. The number of nitrogens with zero attached hydrogens (tertiary/aromatic N) is 1. The Kier molecular flexibility index (Phi) is 5.23. The van der Waals surface area contributed by atoms with E-state index in [1.165, 1.54) is 0 Å². The van der Waals surface area contributed by atoms with Gasteiger partial charge in [0.25, 0.3) is 0 Å². The van der Waals surface area contributed by atoms with E-state index in [9.17, 15) is 4.79 Å². The molecule has 0 aromatic carbocycles. The van der Waals surface area contributed by atoms with Gasteiger partial charge < -0.3 is 19.8 Å². The number of carbonyl (C=O) groups is 1. The number of carbonyl (C=O) groups excluding carboxylic acids is 1. The average molecular weight is 267 g/mol. The standard InChI is InChI=1S/C13H21N3O3/c1-11(10-16-4-7-18-8-5-16)15-13(17)14-9-12-3-2-6-19-12/h2-3,6,11H,4-5,7-10H2,1H3,(H2,14,15,17). The number of amides is 2. The fraction of sp³-hybridized carbons (Fsp3) is 0.615. The molecule has 6 heteroatoms. The number of rotatable bonds is 5. The van der Waals surface area contributed by atoms with Crippen molar-refractivity contribution in [1.29, 1.82) is 0 Å². The van der Waals surface area contributed by atoms with E-state index < -0.39 is 0 Å². The minimum Gasteiger partial charge on any atom is -0.467 e. The zero-order valence-electron chi connectivity index (χ0n) is 11.2. The minimum absolute atomic E-state index is 0.106. The lowest BCUT2D eigenvalue weighted by Gasteiger charge is -2.29. The van der Waals surface area contributed by atoms with E-state index in [1.807, 2.05) is 13.0 Å². The highest BCUT2D eigenvalue weighted by atomic mass is 16.5. The lowest BCUT2D eigenvalue weighted by atomic mass is 10.3. The summed E-state index contributed by atoms with van der Waals surface area (Å²) in [5.41, 5.74) is 0. The molecule has 1 aliphatic heterocycles. The van der Waals surface area contributed by atoms with E-state index in [4.69, 9.17) is 9.15 Å². The van der Waals surface area contributed by atoms with Gasteiger partial charge in [-0.2, -0.15) is 0 Å². The first-order valence-electron chi connectivity index (χ1n) is 6.61. The van der Waals surface area contributed by atoms with Gasteiger partial charge in [-0.15, -0.1) is 0 Å². The summed E-state index contributed by atoms with van der Waals surface area (Å²) in [4.78, 5) is 14.0. The number of nitrogens with one attached hydrogen (secondary N) is 2. The van der Waals surface area contributed by atoms with Crippen molar-refractivity contribution < 1.29 is 13.9 Å². The number of urea groups is 1. The molecule has 0 aliphatic carbocycles. The van der Waals surface area contributed by atoms with Crippen molar-refractivity contribution in [2.24, 2.45) is 0 Å². The third-order valence-electron chi connectivity index (χ3n) is 3.02. The van der Waals surface area contributed by atoms with E-state index in [2.05, 4.69) is 15.5 Å². The lowest BCUT2D eigenvalue weighted by molar-refractivity contribution is 0.0349. The topological polar surface area (TPSA) is 66.7 Å². The Morgan fingerprint density at radius 2 is 2.26 bits per heavy atom. The van der Waals surface area contributed by atoms with E-state index in [-0.39, 0.29) is 12.1 Å². The van der Waals surface area contributed by atoms with Gasteiger partial charge in [-0.25, -0.2) is 4.79 Å². The van der Waals surface area contributed by atoms with Crippen molar-refractivity contribution in [3.63, 3.8) is 0 Å². The molecule has 2 rings (SSSR count). The van der Waals surface area contributed by atoms with Crippen LogP contribution in [-0.2, 0) is 11.3 Å². The largest absolute Gasteiger partial charge is 0.467 e. The SMILES string of the molecule is CC(CN1CCOCC1)NC(=O)NCc1ccco1. The number of furan rings is 1. The van der Waals surface area contributed by atoms with Crippen molar-refractivity contribution in [2.75, 3.05) is 32.8 Å². The minimum atomic E-state index is -0.169. The summed E-state index contributed by atoms with van der Waals surface area (Å²) in [6.07, 6.45) is 1.59. The van der Waals surface area contributed by atoms with Crippen LogP contribution in [0.4, 0.5) is 4.79 Å². The number of hydrogen-bond donors (Lipinski definition) is 2. The van der Waals surface area contributed by atoms with Crippen LogP contribution in [0.25, 0.3) is 0 Å². The van der Waals surface area contributed by atoms with E-state index in [0.717, 1.165) is 38.6 Å². The fourth-order valence-electron chi connectivity index (χ4n) is 2.07. The van der Waals surface area contributed by atoms with Crippen LogP contribution < -0.4 is 10.6 Å². The molecule has 106 valence electrons. The molecule has 0 spiro atoms. The highest BCUT2D eigenvalue weighted by Crippen LogP contribution is 2.00. The van der Waals surface area contributed by atoms with Gasteiger partial charge in [-0.1, -0.05) is 0 Å². The monoisotopic (exact) mass is 267 g/mol. The second-order valence-corrected chi connectivity index (χ2v) is 4.72. The van der Waals surface area contributed by atoms with Crippen LogP contribution in [0, 0.1) is 0 Å². The summed E-state index contributed by atoms with van der Waals surface area (Å²) in [5, 5.41) is 5.68. The molecular weight excluding hydrogens is 246 g/mol. The fourth-order valence-corrected chi connectivity index (χ4v) is 2.07. The summed E-state index contributed by atoms with van der Waals surface area (Å²) in [7, 11) is 0. The molecule has 1 aromatic rings. The zero-order valence-corrected chi connectivity index (χ0v) is 11.2. The molecule has 6 nitrogen and oxygen atoms in total. The van der Waals surface area contributed by atoms with Crippen LogP contribution in [-0.4, -0.2) is 49.8 Å². The first-order valence-corrected chi connectivity index (χ1v) is 6.61. The number of hydrogen-bond acceptors (Lipinski definition) is 4. The molecule has 1 saturated heterocycles. The molecule has 1 aliphatic rings. The Morgan fingerprint density at radius 1 is 1.47 bits per heavy atom. The molecule has 0 saturated carbocycles. The lowest BCUT2D eigenvalue weighted by Crippen LogP contribution is -2.48. The molecule has 1 atom stereocenters. The summed E-state index contributed by atoms with van der Waals surface area (Å²) in [6.45, 7) is 6.66. The second-order valence-electron chi connectivity index (χ2n) is 4.72. The maximum atomic E-state index is 11.7. The van der Waals surface area contributed by atoms with Gasteiger partial charge in [0.05, 0.1) is 26.0 Å². The van der Waals surface area contributed by atoms with Crippen molar-refractivity contribution >= 4 is 6.03 Å². The Morgan fingerprint density at radius 3 is 2.95 bits per heavy atom. The molecule has 19 heavy (non-hydrogen) atoms. The molecular formula is C13H21N3O3. The predicted octanol–water partition coefficient (Wildman–Crippen LogP) is 0.800. The van der Waals surface area contributed by atoms with Gasteiger partial charge in [0, 0.05) is 25.7 Å². The third-order valence-corrected chi connectivity index (χ3v) is 3.02. The normalized spacial score (nSPS) is 17.9. The van der Waals surface area contributed by atoms with Crippen molar-refractivity contribution in [3.8, 4) is 0 Å². The molecule has 1 aromatic heterocycles. The Labute approximate surface area is 113 Å². The highest BCUT2D eigenvalue weighted by molar-refractivity contribution is 5.74. The van der Waals surface area contributed by atoms with E-state index in [0.29, 0.717) is 6.54 Å². The number of morpholine rings is 1. The Hall–Kier alpha value is -1.53.